The van der Waals surface area contributed by atoms with E-state index in [1.165, 1.54) is 64.2 Å². The Bertz CT molecular complexity index is 207. The molecule has 1 N–H and O–H groups in total. The molecule has 1 nitrogen and oxygen atoms in total. The van der Waals surface area contributed by atoms with Crippen LogP contribution >= 0.6 is 24.0 Å². The van der Waals surface area contributed by atoms with Gasteiger partial charge >= 0.3 is 69.5 Å². The molecular formula is C18H38OS2Sn. The molecule has 0 aromatic rings. The normalized spacial score (nSPS) is 10.2. The van der Waals surface area contributed by atoms with Crippen molar-refractivity contribution >= 4 is 49.3 Å². The standard InChI is InChI=1S/C10H20OS2.2C4H9.Sn/c1-2-3-4-5-6-7-8-13-10(12)9-11;2*1-3-4-2;/h11H,2-9H2,1H3;2*1,3-4H2,2H3;. The first-order valence-electron chi connectivity index (χ1n) is 9.20. The Kier molecular flexibility index (Phi) is 28.3. The van der Waals surface area contributed by atoms with Gasteiger partial charge in [0.05, 0.1) is 10.8 Å². The van der Waals surface area contributed by atoms with E-state index in [1.807, 2.05) is 0 Å². The van der Waals surface area contributed by atoms with Crippen LogP contribution in [0.5, 0.6) is 0 Å². The van der Waals surface area contributed by atoms with Crippen LogP contribution in [-0.2, 0) is 0 Å². The predicted molar refractivity (Wildman–Crippen MR) is 111 cm³/mol. The second-order valence-electron chi connectivity index (χ2n) is 5.60. The molecule has 132 valence electrons. The van der Waals surface area contributed by atoms with Crippen molar-refractivity contribution in [2.75, 3.05) is 12.4 Å². The van der Waals surface area contributed by atoms with Crippen LogP contribution in [-0.4, -0.2) is 42.8 Å². The number of aliphatic hydroxyl groups is 1. The Hall–Kier alpha value is 1.20. The fourth-order valence-electron chi connectivity index (χ4n) is 1.84. The van der Waals surface area contributed by atoms with Crippen molar-refractivity contribution in [3.63, 3.8) is 0 Å². The first kappa shape index (κ1) is 25.4. The van der Waals surface area contributed by atoms with Crippen LogP contribution in [0.25, 0.3) is 0 Å². The summed E-state index contributed by atoms with van der Waals surface area (Å²) in [6.07, 6.45) is 13.8. The van der Waals surface area contributed by atoms with E-state index < -0.39 is 0 Å². The van der Waals surface area contributed by atoms with Gasteiger partial charge in [0.25, 0.3) is 0 Å². The Balaban J connectivity index is 0. The summed E-state index contributed by atoms with van der Waals surface area (Å²) in [5, 5.41) is 8.65. The van der Waals surface area contributed by atoms with E-state index in [4.69, 9.17) is 17.3 Å². The second kappa shape index (κ2) is 24.5. The Morgan fingerprint density at radius 3 is 1.82 bits per heavy atom. The van der Waals surface area contributed by atoms with E-state index in [0.717, 1.165) is 9.95 Å². The molecular weight excluding hydrogens is 415 g/mol. The number of aliphatic hydroxyl groups excluding tert-OH is 1. The van der Waals surface area contributed by atoms with E-state index in [0.29, 0.717) is 0 Å². The van der Waals surface area contributed by atoms with Crippen molar-refractivity contribution in [3.05, 3.63) is 0 Å². The molecule has 0 aliphatic heterocycles. The summed E-state index contributed by atoms with van der Waals surface area (Å²) in [6.45, 7) is 6.86. The molecule has 0 aromatic heterocycles. The molecule has 0 saturated heterocycles. The maximum absolute atomic E-state index is 8.65. The van der Waals surface area contributed by atoms with Crippen molar-refractivity contribution in [1.29, 1.82) is 0 Å². The van der Waals surface area contributed by atoms with Gasteiger partial charge in [-0.25, -0.2) is 0 Å². The maximum atomic E-state index is 8.65. The average Bonchev–Trinajstić information content (AvgIpc) is 2.54. The predicted octanol–water partition coefficient (Wildman–Crippen LogP) is 6.53. The molecule has 0 aromatic carbocycles. The summed E-state index contributed by atoms with van der Waals surface area (Å²) in [4.78, 5) is 0. The average molecular weight is 453 g/mol. The Morgan fingerprint density at radius 2 is 1.32 bits per heavy atom. The summed E-state index contributed by atoms with van der Waals surface area (Å²) >= 11 is 6.66. The first-order chi connectivity index (χ1) is 10.7. The number of unbranched alkanes of at least 4 members (excludes halogenated alkanes) is 7. The zero-order valence-electron chi connectivity index (χ0n) is 15.2. The molecule has 0 heterocycles. The molecule has 0 bridgehead atoms. The third kappa shape index (κ3) is 26.1. The molecule has 4 heteroatoms. The van der Waals surface area contributed by atoms with Gasteiger partial charge in [-0.05, 0) is 12.2 Å². The van der Waals surface area contributed by atoms with Gasteiger partial charge in [0.1, 0.15) is 0 Å². The zero-order valence-corrected chi connectivity index (χ0v) is 19.7. The molecule has 0 aliphatic carbocycles. The van der Waals surface area contributed by atoms with Gasteiger partial charge in [-0.2, -0.15) is 0 Å². The molecule has 2 radical (unpaired) electrons. The summed E-state index contributed by atoms with van der Waals surface area (Å²) in [7, 11) is 0. The van der Waals surface area contributed by atoms with E-state index in [1.54, 1.807) is 20.6 Å². The third-order valence-electron chi connectivity index (χ3n) is 3.30. The van der Waals surface area contributed by atoms with Crippen LogP contribution in [0.3, 0.4) is 0 Å². The summed E-state index contributed by atoms with van der Waals surface area (Å²) in [5.41, 5.74) is 0. The molecule has 0 amide bonds. The van der Waals surface area contributed by atoms with Gasteiger partial charge in [-0.3, -0.25) is 0 Å². The van der Waals surface area contributed by atoms with Crippen molar-refractivity contribution in [1.82, 2.24) is 0 Å². The zero-order chi connectivity index (χ0) is 16.9. The minimum atomic E-state index is 0.0514. The first-order valence-corrected chi connectivity index (χ1v) is 14.6. The summed E-state index contributed by atoms with van der Waals surface area (Å²) in [6, 6.07) is 0. The Morgan fingerprint density at radius 1 is 0.818 bits per heavy atom. The number of hydrogen-bond donors (Lipinski definition) is 1. The van der Waals surface area contributed by atoms with Crippen LogP contribution < -0.4 is 0 Å². The third-order valence-corrected chi connectivity index (χ3v) is 8.77. The molecule has 0 rings (SSSR count). The molecule has 22 heavy (non-hydrogen) atoms. The molecule has 0 unspecified atom stereocenters. The van der Waals surface area contributed by atoms with E-state index in [2.05, 4.69) is 20.8 Å². The van der Waals surface area contributed by atoms with Crippen LogP contribution in [0.15, 0.2) is 0 Å². The number of thioether (sulfide) groups is 1. The van der Waals surface area contributed by atoms with Crippen LogP contribution in [0.1, 0.15) is 85.0 Å². The SMILES string of the molecule is CCCCCCCCSC(=S)CO.CCC[CH2][Sn][CH2]CCC. The monoisotopic (exact) mass is 454 g/mol. The molecule has 0 fully saturated rings. The van der Waals surface area contributed by atoms with Gasteiger partial charge in [-0.1, -0.05) is 51.2 Å². The van der Waals surface area contributed by atoms with Crippen molar-refractivity contribution in [2.24, 2.45) is 0 Å². The van der Waals surface area contributed by atoms with Crippen LogP contribution in [0, 0.1) is 0 Å². The fraction of sp³-hybridized carbons (Fsp3) is 0.944. The van der Waals surface area contributed by atoms with Gasteiger partial charge in [-0.15, -0.1) is 11.8 Å². The summed E-state index contributed by atoms with van der Waals surface area (Å²) < 4.78 is 3.98. The summed E-state index contributed by atoms with van der Waals surface area (Å²) in [5.74, 6) is 1.07. The van der Waals surface area contributed by atoms with Crippen LogP contribution in [0.2, 0.25) is 8.87 Å². The Labute approximate surface area is 160 Å². The molecule has 0 atom stereocenters. The van der Waals surface area contributed by atoms with E-state index >= 15 is 0 Å². The minimum absolute atomic E-state index is 0.0514. The van der Waals surface area contributed by atoms with Crippen molar-refractivity contribution in [3.8, 4) is 0 Å². The fourth-order valence-corrected chi connectivity index (χ4v) is 6.92. The molecule has 0 saturated carbocycles. The second-order valence-corrected chi connectivity index (χ2v) is 11.8. The number of hydrogen-bond acceptors (Lipinski definition) is 3. The van der Waals surface area contributed by atoms with Gasteiger partial charge in [0.2, 0.25) is 0 Å². The van der Waals surface area contributed by atoms with Crippen LogP contribution in [0.4, 0.5) is 0 Å². The molecule has 0 spiro atoms. The van der Waals surface area contributed by atoms with Gasteiger partial charge < -0.3 is 5.11 Å². The van der Waals surface area contributed by atoms with Crippen molar-refractivity contribution < 1.29 is 5.11 Å². The topological polar surface area (TPSA) is 20.2 Å². The number of thiocarbonyl (C=S) groups is 1. The van der Waals surface area contributed by atoms with E-state index in [9.17, 15) is 0 Å². The molecule has 0 aliphatic rings. The number of rotatable bonds is 14. The van der Waals surface area contributed by atoms with Crippen molar-refractivity contribution in [2.45, 2.75) is 93.9 Å². The van der Waals surface area contributed by atoms with Gasteiger partial charge in [0.15, 0.2) is 0 Å². The van der Waals surface area contributed by atoms with Gasteiger partial charge in [0, 0.05) is 0 Å². The quantitative estimate of drug-likeness (QED) is 0.184. The van der Waals surface area contributed by atoms with E-state index in [-0.39, 0.29) is 27.7 Å².